The molecule has 0 spiro atoms. The van der Waals surface area contributed by atoms with Crippen molar-refractivity contribution >= 4 is 0 Å². The number of ether oxygens (including phenoxy) is 1. The fourth-order valence-corrected chi connectivity index (χ4v) is 3.64. The predicted molar refractivity (Wildman–Crippen MR) is 86.8 cm³/mol. The van der Waals surface area contributed by atoms with Gasteiger partial charge in [-0.1, -0.05) is 0 Å². The van der Waals surface area contributed by atoms with E-state index in [9.17, 15) is 0 Å². The largest absolute Gasteiger partial charge is 0.370 e. The van der Waals surface area contributed by atoms with E-state index in [1.54, 1.807) is 0 Å². The van der Waals surface area contributed by atoms with Gasteiger partial charge in [0.2, 0.25) is 0 Å². The van der Waals surface area contributed by atoms with Crippen molar-refractivity contribution in [2.75, 3.05) is 65.6 Å². The number of nitrogens with zero attached hydrogens (tertiary/aromatic N) is 2. The Morgan fingerprint density at radius 1 is 0.850 bits per heavy atom. The van der Waals surface area contributed by atoms with Crippen molar-refractivity contribution in [2.24, 2.45) is 0 Å². The molecule has 0 amide bonds. The molecular formula is C17H38N2O+2. The van der Waals surface area contributed by atoms with Gasteiger partial charge in [0.05, 0.1) is 52.5 Å². The van der Waals surface area contributed by atoms with E-state index in [0.717, 1.165) is 13.2 Å². The van der Waals surface area contributed by atoms with Gasteiger partial charge in [-0.25, -0.2) is 0 Å². The van der Waals surface area contributed by atoms with Crippen LogP contribution in [0, 0.1) is 0 Å². The van der Waals surface area contributed by atoms with Crippen LogP contribution in [-0.4, -0.2) is 74.5 Å². The number of hydrogen-bond donors (Lipinski definition) is 0. The molecule has 1 saturated heterocycles. The molecular weight excluding hydrogens is 248 g/mol. The number of hydrogen-bond acceptors (Lipinski definition) is 1. The van der Waals surface area contributed by atoms with Crippen LogP contribution in [0.4, 0.5) is 0 Å². The molecule has 1 aliphatic rings. The van der Waals surface area contributed by atoms with Crippen molar-refractivity contribution in [1.29, 1.82) is 0 Å². The van der Waals surface area contributed by atoms with E-state index in [1.807, 2.05) is 0 Å². The van der Waals surface area contributed by atoms with Crippen molar-refractivity contribution in [1.82, 2.24) is 0 Å². The molecule has 0 aromatic heterocycles. The minimum Gasteiger partial charge on any atom is -0.370 e. The summed E-state index contributed by atoms with van der Waals surface area (Å²) in [4.78, 5) is 0. The van der Waals surface area contributed by atoms with Crippen LogP contribution in [0.5, 0.6) is 0 Å². The lowest BCUT2D eigenvalue weighted by molar-refractivity contribution is -0.932. The van der Waals surface area contributed by atoms with Gasteiger partial charge in [-0.2, -0.15) is 0 Å². The quantitative estimate of drug-likeness (QED) is 0.443. The lowest BCUT2D eigenvalue weighted by atomic mass is 10.1. The van der Waals surface area contributed by atoms with Gasteiger partial charge in [-0.3, -0.25) is 0 Å². The highest BCUT2D eigenvalue weighted by Crippen LogP contribution is 2.18. The minimum absolute atomic E-state index is 0.930. The molecule has 0 atom stereocenters. The maximum atomic E-state index is 5.99. The van der Waals surface area contributed by atoms with E-state index in [1.165, 1.54) is 80.6 Å². The highest BCUT2D eigenvalue weighted by Gasteiger charge is 2.27. The predicted octanol–water partition coefficient (Wildman–Crippen LogP) is 2.90. The van der Waals surface area contributed by atoms with E-state index in [-0.39, 0.29) is 0 Å². The van der Waals surface area contributed by atoms with Gasteiger partial charge >= 0.3 is 0 Å². The molecule has 1 heterocycles. The van der Waals surface area contributed by atoms with Crippen LogP contribution in [0.1, 0.15) is 47.0 Å². The minimum atomic E-state index is 0.930. The molecule has 0 aromatic rings. The fourth-order valence-electron chi connectivity index (χ4n) is 3.64. The first kappa shape index (κ1) is 17.9. The third-order valence-corrected chi connectivity index (χ3v) is 5.87. The zero-order valence-electron chi connectivity index (χ0n) is 14.5. The first-order chi connectivity index (χ1) is 9.66. The highest BCUT2D eigenvalue weighted by atomic mass is 16.5. The number of likely N-dealkylation sites (tertiary alicyclic amines) is 1. The molecule has 1 aliphatic heterocycles. The van der Waals surface area contributed by atoms with Crippen LogP contribution < -0.4 is 0 Å². The molecule has 20 heavy (non-hydrogen) atoms. The number of quaternary nitrogens is 2. The summed E-state index contributed by atoms with van der Waals surface area (Å²) >= 11 is 0. The van der Waals surface area contributed by atoms with Crippen LogP contribution in [0.2, 0.25) is 0 Å². The summed E-state index contributed by atoms with van der Waals surface area (Å²) in [5.74, 6) is 0. The Balaban J connectivity index is 2.23. The molecule has 0 N–H and O–H groups in total. The Morgan fingerprint density at radius 2 is 1.45 bits per heavy atom. The summed E-state index contributed by atoms with van der Waals surface area (Å²) in [6.45, 7) is 21.2. The summed E-state index contributed by atoms with van der Waals surface area (Å²) in [6, 6.07) is 0. The summed E-state index contributed by atoms with van der Waals surface area (Å²) < 4.78 is 8.50. The standard InChI is InChI=1S/C17H38N2O/c1-5-18(6-2,7-3)14-16-20-17-15-19(8-4)12-10-9-11-13-19/h5-17H2,1-4H3/q+2. The Kier molecular flexibility index (Phi) is 8.08. The van der Waals surface area contributed by atoms with Crippen molar-refractivity contribution in [3.05, 3.63) is 0 Å². The summed E-state index contributed by atoms with van der Waals surface area (Å²) in [6.07, 6.45) is 4.26. The molecule has 0 radical (unpaired) electrons. The average Bonchev–Trinajstić information content (AvgIpc) is 2.52. The maximum Gasteiger partial charge on any atom is 0.102 e. The summed E-state index contributed by atoms with van der Waals surface area (Å²) in [5, 5.41) is 0. The van der Waals surface area contributed by atoms with Gasteiger partial charge in [0.25, 0.3) is 0 Å². The van der Waals surface area contributed by atoms with Crippen LogP contribution >= 0.6 is 0 Å². The van der Waals surface area contributed by atoms with Gasteiger partial charge < -0.3 is 13.7 Å². The second-order valence-electron chi connectivity index (χ2n) is 6.52. The first-order valence-electron chi connectivity index (χ1n) is 8.94. The van der Waals surface area contributed by atoms with Gasteiger partial charge in [-0.05, 0) is 47.0 Å². The third kappa shape index (κ3) is 5.01. The zero-order chi connectivity index (χ0) is 14.9. The fraction of sp³-hybridized carbons (Fsp3) is 1.00. The third-order valence-electron chi connectivity index (χ3n) is 5.87. The van der Waals surface area contributed by atoms with Crippen LogP contribution in [0.25, 0.3) is 0 Å². The molecule has 0 aliphatic carbocycles. The van der Waals surface area contributed by atoms with E-state index in [2.05, 4.69) is 27.7 Å². The maximum absolute atomic E-state index is 5.99. The second-order valence-corrected chi connectivity index (χ2v) is 6.52. The van der Waals surface area contributed by atoms with E-state index in [4.69, 9.17) is 4.74 Å². The first-order valence-corrected chi connectivity index (χ1v) is 8.94. The number of likely N-dealkylation sites (N-methyl/N-ethyl adjacent to an activating group) is 2. The number of rotatable bonds is 10. The van der Waals surface area contributed by atoms with Crippen molar-refractivity contribution in [2.45, 2.75) is 47.0 Å². The van der Waals surface area contributed by atoms with E-state index >= 15 is 0 Å². The topological polar surface area (TPSA) is 9.23 Å². The zero-order valence-corrected chi connectivity index (χ0v) is 14.5. The van der Waals surface area contributed by atoms with Crippen molar-refractivity contribution < 1.29 is 13.7 Å². The molecule has 3 nitrogen and oxygen atoms in total. The molecule has 0 bridgehead atoms. The Labute approximate surface area is 127 Å². The van der Waals surface area contributed by atoms with Crippen molar-refractivity contribution in [3.8, 4) is 0 Å². The molecule has 120 valence electrons. The molecule has 0 aromatic carbocycles. The summed E-state index contributed by atoms with van der Waals surface area (Å²) in [7, 11) is 0. The normalized spacial score (nSPS) is 19.2. The van der Waals surface area contributed by atoms with Gasteiger partial charge in [0, 0.05) is 0 Å². The Morgan fingerprint density at radius 3 is 1.95 bits per heavy atom. The van der Waals surface area contributed by atoms with E-state index < -0.39 is 0 Å². The highest BCUT2D eigenvalue weighted by molar-refractivity contribution is 4.53. The van der Waals surface area contributed by atoms with Crippen LogP contribution in [0.15, 0.2) is 0 Å². The SMILES string of the molecule is CC[N+](CC)(CC)CCOCC[N+]1(CC)CCCCC1. The Bertz CT molecular complexity index is 237. The van der Waals surface area contributed by atoms with Gasteiger partial charge in [-0.15, -0.1) is 0 Å². The lowest BCUT2D eigenvalue weighted by Gasteiger charge is -2.41. The van der Waals surface area contributed by atoms with Gasteiger partial charge in [0.1, 0.15) is 13.1 Å². The van der Waals surface area contributed by atoms with Gasteiger partial charge in [0.15, 0.2) is 0 Å². The second kappa shape index (κ2) is 9.01. The lowest BCUT2D eigenvalue weighted by Crippen LogP contribution is -2.53. The molecule has 0 unspecified atom stereocenters. The smallest absolute Gasteiger partial charge is 0.102 e. The molecule has 3 heteroatoms. The van der Waals surface area contributed by atoms with Crippen LogP contribution in [0.3, 0.4) is 0 Å². The van der Waals surface area contributed by atoms with Crippen LogP contribution in [-0.2, 0) is 4.74 Å². The average molecular weight is 287 g/mol. The number of piperidine rings is 1. The monoisotopic (exact) mass is 286 g/mol. The molecule has 1 fully saturated rings. The van der Waals surface area contributed by atoms with E-state index in [0.29, 0.717) is 0 Å². The molecule has 0 saturated carbocycles. The Hall–Kier alpha value is -0.120. The molecule has 1 rings (SSSR count). The summed E-state index contributed by atoms with van der Waals surface area (Å²) in [5.41, 5.74) is 0. The van der Waals surface area contributed by atoms with Crippen molar-refractivity contribution in [3.63, 3.8) is 0 Å².